The van der Waals surface area contributed by atoms with Crippen LogP contribution < -0.4 is 10.5 Å². The van der Waals surface area contributed by atoms with Gasteiger partial charge in [0.15, 0.2) is 5.58 Å². The first kappa shape index (κ1) is 16.5. The molecule has 0 atom stereocenters. The Labute approximate surface area is 138 Å². The zero-order chi connectivity index (χ0) is 17.5. The predicted octanol–water partition coefficient (Wildman–Crippen LogP) is 0.992. The van der Waals surface area contributed by atoms with Gasteiger partial charge in [-0.05, 0) is 38.0 Å². The first-order valence-electron chi connectivity index (χ1n) is 7.39. The molecule has 0 amide bonds. The van der Waals surface area contributed by atoms with Crippen LogP contribution in [0.1, 0.15) is 17.0 Å². The number of oxazole rings is 1. The van der Waals surface area contributed by atoms with E-state index in [1.165, 1.54) is 18.2 Å². The van der Waals surface area contributed by atoms with Gasteiger partial charge in [0.2, 0.25) is 10.0 Å². The fourth-order valence-electron chi connectivity index (χ4n) is 2.67. The molecule has 2 aromatic heterocycles. The summed E-state index contributed by atoms with van der Waals surface area (Å²) >= 11 is 0. The number of aromatic nitrogens is 3. The molecule has 0 bridgehead atoms. The van der Waals surface area contributed by atoms with Gasteiger partial charge in [0, 0.05) is 25.4 Å². The Kier molecular flexibility index (Phi) is 4.06. The van der Waals surface area contributed by atoms with Crippen molar-refractivity contribution >= 4 is 21.1 Å². The Morgan fingerprint density at radius 2 is 2.08 bits per heavy atom. The van der Waals surface area contributed by atoms with Crippen LogP contribution in [0.2, 0.25) is 0 Å². The van der Waals surface area contributed by atoms with Gasteiger partial charge in [0.25, 0.3) is 0 Å². The van der Waals surface area contributed by atoms with Crippen LogP contribution in [0.4, 0.5) is 0 Å². The molecule has 128 valence electrons. The lowest BCUT2D eigenvalue weighted by molar-refractivity contribution is 0.553. The third-order valence-corrected chi connectivity index (χ3v) is 5.49. The third kappa shape index (κ3) is 3.00. The number of aryl methyl sites for hydroxylation is 2. The van der Waals surface area contributed by atoms with Gasteiger partial charge in [0.1, 0.15) is 0 Å². The summed E-state index contributed by atoms with van der Waals surface area (Å²) in [4.78, 5) is 13.7. The molecule has 3 rings (SSSR count). The van der Waals surface area contributed by atoms with Gasteiger partial charge in [-0.2, -0.15) is 5.10 Å². The SMILES string of the molecule is Cc1nn(C)c(C)c1CCNS(=O)(=O)c1ccc2[nH]c(=O)oc2c1. The summed E-state index contributed by atoms with van der Waals surface area (Å²) in [6.45, 7) is 4.11. The molecule has 0 aliphatic rings. The Bertz CT molecular complexity index is 1060. The number of nitrogens with zero attached hydrogens (tertiary/aromatic N) is 2. The van der Waals surface area contributed by atoms with E-state index < -0.39 is 15.8 Å². The second kappa shape index (κ2) is 5.91. The zero-order valence-corrected chi connectivity index (χ0v) is 14.4. The Hall–Kier alpha value is -2.39. The maximum atomic E-state index is 12.4. The Morgan fingerprint density at radius 3 is 2.75 bits per heavy atom. The molecule has 9 heteroatoms. The highest BCUT2D eigenvalue weighted by Crippen LogP contribution is 2.17. The number of aromatic amines is 1. The van der Waals surface area contributed by atoms with Crippen molar-refractivity contribution < 1.29 is 12.8 Å². The summed E-state index contributed by atoms with van der Waals surface area (Å²) in [5.74, 6) is -0.616. The largest absolute Gasteiger partial charge is 0.417 e. The van der Waals surface area contributed by atoms with Crippen molar-refractivity contribution in [2.75, 3.05) is 6.54 Å². The summed E-state index contributed by atoms with van der Waals surface area (Å²) in [5.41, 5.74) is 3.61. The van der Waals surface area contributed by atoms with Crippen molar-refractivity contribution in [3.8, 4) is 0 Å². The van der Waals surface area contributed by atoms with Gasteiger partial charge in [-0.15, -0.1) is 0 Å². The number of rotatable bonds is 5. The van der Waals surface area contributed by atoms with Gasteiger partial charge in [-0.3, -0.25) is 9.67 Å². The lowest BCUT2D eigenvalue weighted by Crippen LogP contribution is -2.26. The molecule has 0 radical (unpaired) electrons. The fraction of sp³-hybridized carbons (Fsp3) is 0.333. The second-order valence-corrected chi connectivity index (χ2v) is 7.36. The Balaban J connectivity index is 1.76. The minimum atomic E-state index is -3.68. The number of hydrogen-bond donors (Lipinski definition) is 2. The van der Waals surface area contributed by atoms with Crippen LogP contribution in [0.3, 0.4) is 0 Å². The van der Waals surface area contributed by atoms with Gasteiger partial charge >= 0.3 is 5.76 Å². The van der Waals surface area contributed by atoms with E-state index in [1.54, 1.807) is 4.68 Å². The standard InChI is InChI=1S/C15H18N4O4S/c1-9-12(10(2)19(3)18-9)6-7-16-24(21,22)11-4-5-13-14(8-11)23-15(20)17-13/h4-5,8,16H,6-7H2,1-3H3,(H,17,20). The zero-order valence-electron chi connectivity index (χ0n) is 13.6. The fourth-order valence-corrected chi connectivity index (χ4v) is 3.71. The summed E-state index contributed by atoms with van der Waals surface area (Å²) < 4.78 is 34.0. The highest BCUT2D eigenvalue weighted by molar-refractivity contribution is 7.89. The topological polar surface area (TPSA) is 110 Å². The molecule has 0 fully saturated rings. The van der Waals surface area contributed by atoms with Gasteiger partial charge < -0.3 is 4.42 Å². The van der Waals surface area contributed by atoms with Gasteiger partial charge in [-0.25, -0.2) is 17.9 Å². The van der Waals surface area contributed by atoms with Crippen molar-refractivity contribution in [2.45, 2.75) is 25.2 Å². The smallest absolute Gasteiger partial charge is 0.408 e. The highest BCUT2D eigenvalue weighted by atomic mass is 32.2. The highest BCUT2D eigenvalue weighted by Gasteiger charge is 2.16. The number of sulfonamides is 1. The van der Waals surface area contributed by atoms with Gasteiger partial charge in [-0.1, -0.05) is 0 Å². The van der Waals surface area contributed by atoms with E-state index in [9.17, 15) is 13.2 Å². The van der Waals surface area contributed by atoms with Crippen molar-refractivity contribution in [3.63, 3.8) is 0 Å². The van der Waals surface area contributed by atoms with Crippen molar-refractivity contribution in [1.82, 2.24) is 19.5 Å². The second-order valence-electron chi connectivity index (χ2n) is 5.59. The van der Waals surface area contributed by atoms with Gasteiger partial charge in [0.05, 0.1) is 16.1 Å². The molecule has 24 heavy (non-hydrogen) atoms. The van der Waals surface area contributed by atoms with Crippen LogP contribution in [0.15, 0.2) is 32.3 Å². The average Bonchev–Trinajstić information content (AvgIpc) is 2.99. The van der Waals surface area contributed by atoms with Crippen LogP contribution in [0.25, 0.3) is 11.1 Å². The van der Waals surface area contributed by atoms with Crippen LogP contribution in [-0.4, -0.2) is 29.7 Å². The molecule has 2 heterocycles. The quantitative estimate of drug-likeness (QED) is 0.713. The maximum Gasteiger partial charge on any atom is 0.417 e. The first-order valence-corrected chi connectivity index (χ1v) is 8.88. The van der Waals surface area contributed by atoms with E-state index in [0.717, 1.165) is 17.0 Å². The molecular formula is C15H18N4O4S. The third-order valence-electron chi connectivity index (χ3n) is 4.03. The molecule has 0 saturated carbocycles. The molecule has 1 aromatic carbocycles. The average molecular weight is 350 g/mol. The van der Waals surface area contributed by atoms with Crippen molar-refractivity contribution in [2.24, 2.45) is 7.05 Å². The molecule has 0 aliphatic heterocycles. The predicted molar refractivity (Wildman–Crippen MR) is 88.4 cm³/mol. The number of benzene rings is 1. The maximum absolute atomic E-state index is 12.4. The molecule has 3 aromatic rings. The Morgan fingerprint density at radius 1 is 1.33 bits per heavy atom. The molecule has 0 aliphatic carbocycles. The first-order chi connectivity index (χ1) is 11.3. The van der Waals surface area contributed by atoms with E-state index >= 15 is 0 Å². The molecule has 0 spiro atoms. The van der Waals surface area contributed by atoms with Crippen LogP contribution in [0, 0.1) is 13.8 Å². The number of fused-ring (bicyclic) bond motifs is 1. The normalized spacial score (nSPS) is 12.1. The number of hydrogen-bond acceptors (Lipinski definition) is 5. The minimum Gasteiger partial charge on any atom is -0.408 e. The summed E-state index contributed by atoms with van der Waals surface area (Å²) in [6, 6.07) is 4.26. The summed E-state index contributed by atoms with van der Waals surface area (Å²) in [5, 5.41) is 4.31. The molecule has 0 unspecified atom stereocenters. The lowest BCUT2D eigenvalue weighted by Gasteiger charge is -2.07. The lowest BCUT2D eigenvalue weighted by atomic mass is 10.1. The van der Waals surface area contributed by atoms with E-state index in [0.29, 0.717) is 11.9 Å². The van der Waals surface area contributed by atoms with Crippen LogP contribution in [0.5, 0.6) is 0 Å². The van der Waals surface area contributed by atoms with E-state index in [1.807, 2.05) is 20.9 Å². The van der Waals surface area contributed by atoms with E-state index in [2.05, 4.69) is 14.8 Å². The van der Waals surface area contributed by atoms with E-state index in [-0.39, 0.29) is 17.0 Å². The van der Waals surface area contributed by atoms with Crippen LogP contribution >= 0.6 is 0 Å². The monoisotopic (exact) mass is 350 g/mol. The summed E-state index contributed by atoms with van der Waals surface area (Å²) in [6.07, 6.45) is 0.548. The minimum absolute atomic E-state index is 0.0531. The molecular weight excluding hydrogens is 332 g/mol. The van der Waals surface area contributed by atoms with Crippen molar-refractivity contribution in [1.29, 1.82) is 0 Å². The van der Waals surface area contributed by atoms with Crippen molar-refractivity contribution in [3.05, 3.63) is 45.7 Å². The number of H-pyrrole nitrogens is 1. The molecule has 8 nitrogen and oxygen atoms in total. The number of nitrogens with one attached hydrogen (secondary N) is 2. The molecule has 0 saturated heterocycles. The van der Waals surface area contributed by atoms with E-state index in [4.69, 9.17) is 4.42 Å². The van der Waals surface area contributed by atoms with Crippen LogP contribution in [-0.2, 0) is 23.5 Å². The molecule has 2 N–H and O–H groups in total. The summed E-state index contributed by atoms with van der Waals surface area (Å²) in [7, 11) is -1.83.